The fourth-order valence-corrected chi connectivity index (χ4v) is 2.45. The molecule has 0 aliphatic heterocycles. The highest BCUT2D eigenvalue weighted by Crippen LogP contribution is 2.31. The lowest BCUT2D eigenvalue weighted by molar-refractivity contribution is 0.414. The van der Waals surface area contributed by atoms with Crippen LogP contribution < -0.4 is 10.2 Å². The number of ether oxygens (including phenoxy) is 1. The third-order valence-corrected chi connectivity index (χ3v) is 3.78. The molecule has 0 fully saturated rings. The van der Waals surface area contributed by atoms with Crippen LogP contribution in [0.1, 0.15) is 16.7 Å². The van der Waals surface area contributed by atoms with Gasteiger partial charge in [-0.05, 0) is 41.7 Å². The monoisotopic (exact) mass is 298 g/mol. The van der Waals surface area contributed by atoms with E-state index in [9.17, 15) is 5.11 Å². The van der Waals surface area contributed by atoms with Gasteiger partial charge in [-0.25, -0.2) is 0 Å². The van der Waals surface area contributed by atoms with Crippen LogP contribution in [0.4, 0.5) is 0 Å². The fourth-order valence-electron chi connectivity index (χ4n) is 2.21. The van der Waals surface area contributed by atoms with E-state index in [1.54, 1.807) is 13.2 Å². The Morgan fingerprint density at radius 1 is 1.33 bits per heavy atom. The van der Waals surface area contributed by atoms with Gasteiger partial charge in [0.25, 0.3) is 0 Å². The summed E-state index contributed by atoms with van der Waals surface area (Å²) in [4.78, 5) is 0. The zero-order valence-electron chi connectivity index (χ0n) is 11.9. The molecule has 0 heterocycles. The number of allylic oxidation sites excluding steroid dienone is 1. The minimum atomic E-state index is 0.0417. The Kier molecular flexibility index (Phi) is 4.97. The van der Waals surface area contributed by atoms with E-state index in [4.69, 9.17) is 24.2 Å². The first kappa shape index (κ1) is 15.5. The molecular weight excluding hydrogens is 282 g/mol. The van der Waals surface area contributed by atoms with Crippen molar-refractivity contribution in [1.29, 1.82) is 0 Å². The first-order valence-corrected chi connectivity index (χ1v) is 6.97. The predicted octanol–water partition coefficient (Wildman–Crippen LogP) is 3.17. The highest BCUT2D eigenvalue weighted by Gasteiger charge is 2.13. The quantitative estimate of drug-likeness (QED) is 0.679. The van der Waals surface area contributed by atoms with Crippen molar-refractivity contribution < 1.29 is 9.84 Å². The summed E-state index contributed by atoms with van der Waals surface area (Å²) in [5, 5.41) is 10.5. The number of phenols is 1. The topological polar surface area (TPSA) is 29.5 Å². The molecule has 0 unspecified atom stereocenters. The lowest BCUT2D eigenvalue weighted by Gasteiger charge is -2.14. The summed E-state index contributed by atoms with van der Waals surface area (Å²) in [6, 6.07) is 9.50. The summed E-state index contributed by atoms with van der Waals surface area (Å²) in [5.41, 5.74) is 3.01. The van der Waals surface area contributed by atoms with E-state index in [1.165, 1.54) is 0 Å². The third-order valence-electron chi connectivity index (χ3n) is 3.36. The van der Waals surface area contributed by atoms with E-state index in [0.717, 1.165) is 16.9 Å². The molecule has 0 saturated carbocycles. The second-order valence-corrected chi connectivity index (χ2v) is 5.16. The molecule has 4 heteroatoms. The van der Waals surface area contributed by atoms with Gasteiger partial charge < -0.3 is 9.84 Å². The minimum absolute atomic E-state index is 0.0417. The van der Waals surface area contributed by atoms with Crippen LogP contribution in [0.2, 0.25) is 5.02 Å². The van der Waals surface area contributed by atoms with Crippen LogP contribution in [0.3, 0.4) is 0 Å². The van der Waals surface area contributed by atoms with Crippen LogP contribution in [-0.4, -0.2) is 20.1 Å². The summed E-state index contributed by atoms with van der Waals surface area (Å²) >= 11 is 6.25. The summed E-state index contributed by atoms with van der Waals surface area (Å²) in [6.45, 7) is 3.65. The van der Waals surface area contributed by atoms with Gasteiger partial charge in [-0.3, -0.25) is 0 Å². The predicted molar refractivity (Wildman–Crippen MR) is 88.2 cm³/mol. The number of aromatic hydroxyl groups is 1. The van der Waals surface area contributed by atoms with E-state index >= 15 is 0 Å². The standard InChI is InChI=1S/C17H16BClO2/c1-3-4-14-15(18)10-12(16(19)17(14)20)9-11-5-7-13(21-2)8-6-11/h3,5-8,10,20H,1,4,9H2,2H3. The van der Waals surface area contributed by atoms with Gasteiger partial charge in [0.05, 0.1) is 12.1 Å². The lowest BCUT2D eigenvalue weighted by Crippen LogP contribution is -2.12. The highest BCUT2D eigenvalue weighted by molar-refractivity contribution is 6.37. The first-order chi connectivity index (χ1) is 10.1. The van der Waals surface area contributed by atoms with Crippen molar-refractivity contribution in [1.82, 2.24) is 0 Å². The van der Waals surface area contributed by atoms with Crippen LogP contribution in [0.5, 0.6) is 11.5 Å². The van der Waals surface area contributed by atoms with Crippen LogP contribution >= 0.6 is 11.6 Å². The zero-order valence-corrected chi connectivity index (χ0v) is 12.7. The van der Waals surface area contributed by atoms with Gasteiger partial charge in [0, 0.05) is 0 Å². The molecule has 0 aromatic heterocycles. The molecule has 0 saturated heterocycles. The van der Waals surface area contributed by atoms with E-state index in [2.05, 4.69) is 6.58 Å². The number of hydrogen-bond acceptors (Lipinski definition) is 2. The van der Waals surface area contributed by atoms with Gasteiger partial charge in [0.1, 0.15) is 19.3 Å². The molecule has 0 aliphatic rings. The number of benzene rings is 2. The highest BCUT2D eigenvalue weighted by atomic mass is 35.5. The molecule has 2 aromatic rings. The fraction of sp³-hybridized carbons (Fsp3) is 0.176. The van der Waals surface area contributed by atoms with Crippen molar-refractivity contribution in [2.45, 2.75) is 12.8 Å². The maximum absolute atomic E-state index is 10.2. The number of halogens is 1. The Labute approximate surface area is 131 Å². The Bertz CT molecular complexity index is 651. The third kappa shape index (κ3) is 3.42. The molecule has 1 N–H and O–H groups in total. The number of methoxy groups -OCH3 is 1. The Hall–Kier alpha value is -1.87. The molecule has 2 radical (unpaired) electrons. The van der Waals surface area contributed by atoms with Crippen molar-refractivity contribution in [2.24, 2.45) is 0 Å². The molecule has 0 atom stereocenters. The van der Waals surface area contributed by atoms with E-state index in [1.807, 2.05) is 30.3 Å². The molecule has 0 aliphatic carbocycles. The van der Waals surface area contributed by atoms with Crippen molar-refractivity contribution in [3.63, 3.8) is 0 Å². The molecule has 0 bridgehead atoms. The van der Waals surface area contributed by atoms with Gasteiger partial charge >= 0.3 is 0 Å². The van der Waals surface area contributed by atoms with Crippen molar-refractivity contribution in [3.05, 3.63) is 64.7 Å². The molecule has 106 valence electrons. The van der Waals surface area contributed by atoms with Crippen LogP contribution in [0.25, 0.3) is 0 Å². The maximum Gasteiger partial charge on any atom is 0.137 e. The smallest absolute Gasteiger partial charge is 0.137 e. The summed E-state index contributed by atoms with van der Waals surface area (Å²) in [7, 11) is 7.62. The van der Waals surface area contributed by atoms with Crippen LogP contribution in [0.15, 0.2) is 43.0 Å². The molecular formula is C17H16BClO2. The van der Waals surface area contributed by atoms with Crippen molar-refractivity contribution in [2.75, 3.05) is 7.11 Å². The van der Waals surface area contributed by atoms with Crippen LogP contribution in [-0.2, 0) is 12.8 Å². The maximum atomic E-state index is 10.2. The summed E-state index contributed by atoms with van der Waals surface area (Å²) < 4.78 is 5.13. The average molecular weight is 299 g/mol. The molecule has 0 amide bonds. The summed E-state index contributed by atoms with van der Waals surface area (Å²) in [5.74, 6) is 0.841. The number of rotatable bonds is 5. The SMILES string of the molecule is [B]c1cc(Cc2ccc(OC)cc2)c(Cl)c(O)c1CC=C. The van der Waals surface area contributed by atoms with E-state index in [-0.39, 0.29) is 5.75 Å². The van der Waals surface area contributed by atoms with Gasteiger partial charge in [-0.2, -0.15) is 0 Å². The molecule has 21 heavy (non-hydrogen) atoms. The summed E-state index contributed by atoms with van der Waals surface area (Å²) in [6.07, 6.45) is 2.76. The molecule has 2 nitrogen and oxygen atoms in total. The Morgan fingerprint density at radius 3 is 2.57 bits per heavy atom. The largest absolute Gasteiger partial charge is 0.506 e. The molecule has 0 spiro atoms. The number of phenolic OH excluding ortho intramolecular Hbond substituents is 1. The first-order valence-electron chi connectivity index (χ1n) is 6.59. The minimum Gasteiger partial charge on any atom is -0.506 e. The second-order valence-electron chi connectivity index (χ2n) is 4.78. The van der Waals surface area contributed by atoms with E-state index < -0.39 is 0 Å². The van der Waals surface area contributed by atoms with Gasteiger partial charge in [-0.15, -0.1) is 6.58 Å². The molecule has 2 rings (SSSR count). The van der Waals surface area contributed by atoms with Crippen molar-refractivity contribution >= 4 is 24.9 Å². The van der Waals surface area contributed by atoms with Gasteiger partial charge in [-0.1, -0.05) is 41.3 Å². The zero-order chi connectivity index (χ0) is 15.4. The van der Waals surface area contributed by atoms with Gasteiger partial charge in [0.15, 0.2) is 0 Å². The Morgan fingerprint density at radius 2 is 2.00 bits per heavy atom. The lowest BCUT2D eigenvalue weighted by atomic mass is 9.85. The second kappa shape index (κ2) is 6.73. The van der Waals surface area contributed by atoms with Crippen molar-refractivity contribution in [3.8, 4) is 11.5 Å². The van der Waals surface area contributed by atoms with Crippen LogP contribution in [0, 0.1) is 0 Å². The average Bonchev–Trinajstić information content (AvgIpc) is 2.50. The number of hydrogen-bond donors (Lipinski definition) is 1. The van der Waals surface area contributed by atoms with Gasteiger partial charge in [0.2, 0.25) is 0 Å². The van der Waals surface area contributed by atoms with E-state index in [0.29, 0.717) is 28.9 Å². The normalized spacial score (nSPS) is 10.4. The molecule has 2 aromatic carbocycles. The Balaban J connectivity index is 2.33.